The van der Waals surface area contributed by atoms with Gasteiger partial charge in [0.1, 0.15) is 17.3 Å². The standard InChI is InChI=1S/C24H29N3O3S/c1-4-29-18-6-7-21(30-5-2)20(15-18)26-24(28)17-9-12-27(13-10-17)23-19-14-16(3)31-22(19)8-11-25-23/h6-8,11,14-15,17H,4-5,9-10,12-13H2,1-3H3,(H,26,28). The molecule has 3 aromatic rings. The first-order chi connectivity index (χ1) is 15.1. The van der Waals surface area contributed by atoms with Gasteiger partial charge in [0, 0.05) is 46.2 Å². The number of aromatic nitrogens is 1. The Labute approximate surface area is 187 Å². The van der Waals surface area contributed by atoms with Gasteiger partial charge in [0.15, 0.2) is 0 Å². The monoisotopic (exact) mass is 439 g/mol. The number of hydrogen-bond donors (Lipinski definition) is 1. The number of ether oxygens (including phenoxy) is 2. The number of nitrogens with one attached hydrogen (secondary N) is 1. The minimum absolute atomic E-state index is 0.0341. The SMILES string of the molecule is CCOc1ccc(OCC)c(NC(=O)C2CCN(c3nccc4sc(C)cc34)CC2)c1. The highest BCUT2D eigenvalue weighted by Gasteiger charge is 2.27. The number of piperidine rings is 1. The zero-order valence-electron chi connectivity index (χ0n) is 18.3. The van der Waals surface area contributed by atoms with E-state index in [4.69, 9.17) is 9.47 Å². The summed E-state index contributed by atoms with van der Waals surface area (Å²) in [6.45, 7) is 8.74. The summed E-state index contributed by atoms with van der Waals surface area (Å²) >= 11 is 1.79. The van der Waals surface area contributed by atoms with Crippen LogP contribution in [0.4, 0.5) is 11.5 Å². The molecule has 1 fully saturated rings. The maximum atomic E-state index is 13.0. The first kappa shape index (κ1) is 21.4. The highest BCUT2D eigenvalue weighted by molar-refractivity contribution is 7.19. The number of carbonyl (C=O) groups excluding carboxylic acids is 1. The fourth-order valence-corrected chi connectivity index (χ4v) is 4.97. The number of fused-ring (bicyclic) bond motifs is 1. The molecule has 0 saturated carbocycles. The summed E-state index contributed by atoms with van der Waals surface area (Å²) in [5, 5.41) is 4.29. The van der Waals surface area contributed by atoms with Gasteiger partial charge in [0.25, 0.3) is 0 Å². The van der Waals surface area contributed by atoms with Crippen LogP contribution < -0.4 is 19.7 Å². The molecule has 1 N–H and O–H groups in total. The van der Waals surface area contributed by atoms with Crippen LogP contribution >= 0.6 is 11.3 Å². The van der Waals surface area contributed by atoms with E-state index in [2.05, 4.69) is 34.3 Å². The number of anilines is 2. The van der Waals surface area contributed by atoms with Gasteiger partial charge in [-0.2, -0.15) is 0 Å². The number of amides is 1. The van der Waals surface area contributed by atoms with Crippen LogP contribution in [0.1, 0.15) is 31.6 Å². The first-order valence-electron chi connectivity index (χ1n) is 10.9. The Hall–Kier alpha value is -2.80. The van der Waals surface area contributed by atoms with Crippen molar-refractivity contribution < 1.29 is 14.3 Å². The van der Waals surface area contributed by atoms with Crippen molar-refractivity contribution in [2.45, 2.75) is 33.6 Å². The molecule has 3 heterocycles. The van der Waals surface area contributed by atoms with Crippen molar-refractivity contribution in [3.63, 3.8) is 0 Å². The Morgan fingerprint density at radius 3 is 2.68 bits per heavy atom. The summed E-state index contributed by atoms with van der Waals surface area (Å²) in [6.07, 6.45) is 3.47. The quantitative estimate of drug-likeness (QED) is 0.544. The molecule has 0 radical (unpaired) electrons. The number of benzene rings is 1. The van der Waals surface area contributed by atoms with E-state index in [1.807, 2.05) is 38.2 Å². The molecule has 1 saturated heterocycles. The molecule has 4 rings (SSSR count). The molecular formula is C24H29N3O3S. The summed E-state index contributed by atoms with van der Waals surface area (Å²) in [6, 6.07) is 9.83. The lowest BCUT2D eigenvalue weighted by Gasteiger charge is -2.32. The molecule has 7 heteroatoms. The second kappa shape index (κ2) is 9.56. The molecule has 0 bridgehead atoms. The molecule has 0 atom stereocenters. The summed E-state index contributed by atoms with van der Waals surface area (Å²) in [5.41, 5.74) is 0.667. The lowest BCUT2D eigenvalue weighted by atomic mass is 9.95. The molecule has 0 unspecified atom stereocenters. The molecule has 1 aromatic carbocycles. The Kier molecular flexibility index (Phi) is 6.61. The van der Waals surface area contributed by atoms with Gasteiger partial charge in [-0.25, -0.2) is 4.98 Å². The van der Waals surface area contributed by atoms with Crippen LogP contribution in [-0.2, 0) is 4.79 Å². The molecule has 0 aliphatic carbocycles. The van der Waals surface area contributed by atoms with Crippen molar-refractivity contribution in [3.8, 4) is 11.5 Å². The Bertz CT molecular complexity index is 1060. The topological polar surface area (TPSA) is 63.7 Å². The predicted octanol–water partition coefficient (Wildman–Crippen LogP) is 5.26. The van der Waals surface area contributed by atoms with Crippen LogP contribution in [0.5, 0.6) is 11.5 Å². The van der Waals surface area contributed by atoms with E-state index in [9.17, 15) is 4.79 Å². The molecule has 31 heavy (non-hydrogen) atoms. The third-order valence-electron chi connectivity index (χ3n) is 5.53. The van der Waals surface area contributed by atoms with Crippen LogP contribution in [0.2, 0.25) is 0 Å². The minimum Gasteiger partial charge on any atom is -0.494 e. The highest BCUT2D eigenvalue weighted by Crippen LogP contribution is 2.34. The van der Waals surface area contributed by atoms with Gasteiger partial charge >= 0.3 is 0 Å². The van der Waals surface area contributed by atoms with Gasteiger partial charge in [0.05, 0.1) is 18.9 Å². The maximum absolute atomic E-state index is 13.0. The molecule has 1 amide bonds. The number of nitrogens with zero attached hydrogens (tertiary/aromatic N) is 2. The van der Waals surface area contributed by atoms with Gasteiger partial charge in [-0.1, -0.05) is 0 Å². The number of hydrogen-bond acceptors (Lipinski definition) is 6. The van der Waals surface area contributed by atoms with Crippen LogP contribution in [0.3, 0.4) is 0 Å². The van der Waals surface area contributed by atoms with Gasteiger partial charge in [-0.05, 0) is 57.9 Å². The highest BCUT2D eigenvalue weighted by atomic mass is 32.1. The molecule has 164 valence electrons. The number of carbonyl (C=O) groups is 1. The van der Waals surface area contributed by atoms with Crippen molar-refractivity contribution in [3.05, 3.63) is 41.4 Å². The van der Waals surface area contributed by atoms with Crippen molar-refractivity contribution >= 4 is 38.8 Å². The maximum Gasteiger partial charge on any atom is 0.227 e. The van der Waals surface area contributed by atoms with E-state index in [1.54, 1.807) is 11.3 Å². The van der Waals surface area contributed by atoms with Gasteiger partial charge in [-0.3, -0.25) is 4.79 Å². The Balaban J connectivity index is 1.43. The van der Waals surface area contributed by atoms with Gasteiger partial charge < -0.3 is 19.7 Å². The zero-order valence-corrected chi connectivity index (χ0v) is 19.1. The fourth-order valence-electron chi connectivity index (χ4n) is 4.06. The molecule has 6 nitrogen and oxygen atoms in total. The largest absolute Gasteiger partial charge is 0.494 e. The van der Waals surface area contributed by atoms with Crippen molar-refractivity contribution in [1.82, 2.24) is 4.98 Å². The number of rotatable bonds is 7. The second-order valence-electron chi connectivity index (χ2n) is 7.68. The fraction of sp³-hybridized carbons (Fsp3) is 0.417. The van der Waals surface area contributed by atoms with E-state index in [0.29, 0.717) is 24.7 Å². The molecule has 0 spiro atoms. The number of thiophene rings is 1. The first-order valence-corrected chi connectivity index (χ1v) is 11.7. The lowest BCUT2D eigenvalue weighted by Crippen LogP contribution is -2.38. The Morgan fingerprint density at radius 2 is 1.94 bits per heavy atom. The summed E-state index contributed by atoms with van der Waals surface area (Å²) in [4.78, 5) is 21.2. The summed E-state index contributed by atoms with van der Waals surface area (Å²) < 4.78 is 12.5. The number of pyridine rings is 1. The third-order valence-corrected chi connectivity index (χ3v) is 6.55. The molecule has 1 aliphatic rings. The minimum atomic E-state index is -0.0371. The predicted molar refractivity (Wildman–Crippen MR) is 127 cm³/mol. The lowest BCUT2D eigenvalue weighted by molar-refractivity contribution is -0.120. The molecular weight excluding hydrogens is 410 g/mol. The normalized spacial score (nSPS) is 14.6. The smallest absolute Gasteiger partial charge is 0.227 e. The molecule has 2 aromatic heterocycles. The second-order valence-corrected chi connectivity index (χ2v) is 8.97. The van der Waals surface area contributed by atoms with Crippen molar-refractivity contribution in [2.75, 3.05) is 36.5 Å². The van der Waals surface area contributed by atoms with Crippen LogP contribution in [0, 0.1) is 12.8 Å². The van der Waals surface area contributed by atoms with Crippen LogP contribution in [0.25, 0.3) is 10.1 Å². The van der Waals surface area contributed by atoms with Crippen LogP contribution in [0.15, 0.2) is 36.5 Å². The average Bonchev–Trinajstić information content (AvgIpc) is 3.16. The van der Waals surface area contributed by atoms with E-state index in [0.717, 1.165) is 37.5 Å². The van der Waals surface area contributed by atoms with Gasteiger partial charge in [0.2, 0.25) is 5.91 Å². The van der Waals surface area contributed by atoms with Crippen molar-refractivity contribution in [2.24, 2.45) is 5.92 Å². The third kappa shape index (κ3) is 4.77. The van der Waals surface area contributed by atoms with Crippen LogP contribution in [-0.4, -0.2) is 37.2 Å². The zero-order chi connectivity index (χ0) is 21.8. The Morgan fingerprint density at radius 1 is 1.16 bits per heavy atom. The van der Waals surface area contributed by atoms with Gasteiger partial charge in [-0.15, -0.1) is 11.3 Å². The van der Waals surface area contributed by atoms with E-state index < -0.39 is 0 Å². The molecule has 1 aliphatic heterocycles. The summed E-state index contributed by atoms with van der Waals surface area (Å²) in [7, 11) is 0. The summed E-state index contributed by atoms with van der Waals surface area (Å²) in [5.74, 6) is 2.42. The van der Waals surface area contributed by atoms with Crippen molar-refractivity contribution in [1.29, 1.82) is 0 Å². The van der Waals surface area contributed by atoms with E-state index >= 15 is 0 Å². The van der Waals surface area contributed by atoms with E-state index in [1.165, 1.54) is 15.0 Å². The average molecular weight is 440 g/mol. The van der Waals surface area contributed by atoms with E-state index in [-0.39, 0.29) is 11.8 Å². The number of aryl methyl sites for hydroxylation is 1.